The van der Waals surface area contributed by atoms with Crippen LogP contribution in [0.2, 0.25) is 0 Å². The Morgan fingerprint density at radius 2 is 2.00 bits per heavy atom. The maximum Gasteiger partial charge on any atom is 0.435 e. The molecule has 0 unspecified atom stereocenters. The van der Waals surface area contributed by atoms with E-state index in [1.54, 1.807) is 17.5 Å². The molecule has 0 saturated carbocycles. The molecule has 5 nitrogen and oxygen atoms in total. The smallest absolute Gasteiger partial charge is 0.435 e. The number of aryl methyl sites for hydroxylation is 2. The molecule has 4 aromatic rings. The Morgan fingerprint density at radius 1 is 1.21 bits per heavy atom. The van der Waals surface area contributed by atoms with Crippen LogP contribution in [0.1, 0.15) is 50.8 Å². The van der Waals surface area contributed by atoms with Crippen molar-refractivity contribution in [3.63, 3.8) is 0 Å². The molecule has 0 saturated heterocycles. The molecule has 0 atom stereocenters. The Kier molecular flexibility index (Phi) is 6.58. The van der Waals surface area contributed by atoms with Gasteiger partial charge in [-0.3, -0.25) is 0 Å². The summed E-state index contributed by atoms with van der Waals surface area (Å²) in [5.41, 5.74) is 6.85. The van der Waals surface area contributed by atoms with Gasteiger partial charge in [-0.1, -0.05) is 31.5 Å². The Bertz CT molecular complexity index is 1400. The second-order valence-electron chi connectivity index (χ2n) is 9.51. The van der Waals surface area contributed by atoms with Crippen molar-refractivity contribution in [3.8, 4) is 27.6 Å². The fourth-order valence-electron chi connectivity index (χ4n) is 4.20. The van der Waals surface area contributed by atoms with Crippen molar-refractivity contribution in [1.29, 1.82) is 5.26 Å². The van der Waals surface area contributed by atoms with Gasteiger partial charge in [-0.25, -0.2) is 4.79 Å². The molecule has 4 rings (SSSR count). The summed E-state index contributed by atoms with van der Waals surface area (Å²) in [6.07, 6.45) is 3.55. The summed E-state index contributed by atoms with van der Waals surface area (Å²) in [6, 6.07) is 14.9. The molecule has 2 heterocycles. The lowest BCUT2D eigenvalue weighted by molar-refractivity contribution is 0.0522. The Balaban J connectivity index is 1.89. The molecule has 0 N–H and O–H groups in total. The topological polar surface area (TPSA) is 67.9 Å². The predicted molar refractivity (Wildman–Crippen MR) is 138 cm³/mol. The number of hydrogen-bond donors (Lipinski definition) is 0. The fourth-order valence-corrected chi connectivity index (χ4v) is 5.22. The van der Waals surface area contributed by atoms with Crippen LogP contribution in [0.15, 0.2) is 48.0 Å². The van der Waals surface area contributed by atoms with E-state index in [0.29, 0.717) is 11.9 Å². The second-order valence-corrected chi connectivity index (χ2v) is 10.4. The molecule has 0 spiro atoms. The van der Waals surface area contributed by atoms with Crippen LogP contribution in [-0.2, 0) is 17.6 Å². The number of ether oxygens (including phenoxy) is 1. The Hall–Kier alpha value is -3.43. The van der Waals surface area contributed by atoms with Crippen molar-refractivity contribution in [3.05, 3.63) is 64.7 Å². The molecule has 0 radical (unpaired) electrons. The van der Waals surface area contributed by atoms with Gasteiger partial charge < -0.3 is 4.74 Å². The van der Waals surface area contributed by atoms with Gasteiger partial charge in [0.1, 0.15) is 5.60 Å². The number of thiophene rings is 1. The monoisotopic (exact) mass is 471 g/mol. The highest BCUT2D eigenvalue weighted by atomic mass is 32.1. The third-order valence-corrected chi connectivity index (χ3v) is 6.66. The summed E-state index contributed by atoms with van der Waals surface area (Å²) in [6.45, 7) is 9.79. The number of nitriles is 1. The van der Waals surface area contributed by atoms with Crippen molar-refractivity contribution >= 4 is 28.3 Å². The van der Waals surface area contributed by atoms with Crippen LogP contribution in [-0.4, -0.2) is 21.5 Å². The average molecular weight is 472 g/mol. The summed E-state index contributed by atoms with van der Waals surface area (Å²) < 4.78 is 6.81. The average Bonchev–Trinajstić information content (AvgIpc) is 3.38. The minimum atomic E-state index is -0.598. The molecular weight excluding hydrogens is 442 g/mol. The van der Waals surface area contributed by atoms with E-state index in [1.165, 1.54) is 20.7 Å². The van der Waals surface area contributed by atoms with E-state index in [-0.39, 0.29) is 0 Å². The predicted octanol–water partition coefficient (Wildman–Crippen LogP) is 7.54. The van der Waals surface area contributed by atoms with Crippen LogP contribution in [0.4, 0.5) is 4.79 Å². The Labute approximate surface area is 204 Å². The molecule has 6 heteroatoms. The first kappa shape index (κ1) is 23.7. The second kappa shape index (κ2) is 9.44. The van der Waals surface area contributed by atoms with Gasteiger partial charge in [-0.15, -0.1) is 11.3 Å². The van der Waals surface area contributed by atoms with Crippen LogP contribution in [0.3, 0.4) is 0 Å². The maximum absolute atomic E-state index is 12.6. The third-order valence-electron chi connectivity index (χ3n) is 5.62. The van der Waals surface area contributed by atoms with Crippen LogP contribution in [0, 0.1) is 18.3 Å². The summed E-state index contributed by atoms with van der Waals surface area (Å²) in [7, 11) is 0. The van der Waals surface area contributed by atoms with Gasteiger partial charge in [0.05, 0.1) is 24.2 Å². The molecule has 174 valence electrons. The van der Waals surface area contributed by atoms with Gasteiger partial charge in [-0.2, -0.15) is 15.0 Å². The largest absolute Gasteiger partial charge is 0.442 e. The van der Waals surface area contributed by atoms with E-state index >= 15 is 0 Å². The number of carbonyl (C=O) groups is 1. The number of nitrogens with zero attached hydrogens (tertiary/aromatic N) is 3. The summed E-state index contributed by atoms with van der Waals surface area (Å²) >= 11 is 1.70. The number of hydrogen-bond acceptors (Lipinski definition) is 5. The van der Waals surface area contributed by atoms with E-state index in [2.05, 4.69) is 54.7 Å². The third kappa shape index (κ3) is 4.76. The van der Waals surface area contributed by atoms with Gasteiger partial charge in [0.2, 0.25) is 0 Å². The molecule has 0 bridgehead atoms. The molecule has 0 fully saturated rings. The zero-order valence-corrected chi connectivity index (χ0v) is 21.1. The first-order chi connectivity index (χ1) is 16.2. The van der Waals surface area contributed by atoms with Gasteiger partial charge in [0, 0.05) is 15.8 Å². The minimum Gasteiger partial charge on any atom is -0.442 e. The standard InChI is InChI=1S/C28H29N3O2S/c1-6-7-19-14-21(10-12-29)25(26-18(2)11-13-34-26)23(15-19)20-8-9-24-22(16-20)17-30-31(24)27(32)33-28(3,4)5/h8-9,11,13-17H,6-7,10H2,1-5H3. The fraction of sp³-hybridized carbons (Fsp3) is 0.321. The molecule has 0 aliphatic heterocycles. The molecule has 2 aromatic heterocycles. The molecule has 0 amide bonds. The van der Waals surface area contributed by atoms with Crippen molar-refractivity contribution in [2.75, 3.05) is 0 Å². The lowest BCUT2D eigenvalue weighted by Gasteiger charge is -2.19. The van der Waals surface area contributed by atoms with Crippen molar-refractivity contribution in [2.24, 2.45) is 0 Å². The van der Waals surface area contributed by atoms with Crippen LogP contribution < -0.4 is 0 Å². The van der Waals surface area contributed by atoms with Crippen LogP contribution >= 0.6 is 11.3 Å². The van der Waals surface area contributed by atoms with E-state index in [0.717, 1.165) is 40.5 Å². The zero-order chi connectivity index (χ0) is 24.5. The van der Waals surface area contributed by atoms with E-state index < -0.39 is 11.7 Å². The van der Waals surface area contributed by atoms with Crippen molar-refractivity contribution in [2.45, 2.75) is 59.5 Å². The quantitative estimate of drug-likeness (QED) is 0.301. The lowest BCUT2D eigenvalue weighted by Crippen LogP contribution is -2.27. The number of benzene rings is 2. The molecular formula is C28H29N3O2S. The van der Waals surface area contributed by atoms with Gasteiger partial charge in [0.15, 0.2) is 0 Å². The lowest BCUT2D eigenvalue weighted by atomic mass is 9.88. The van der Waals surface area contributed by atoms with E-state index in [9.17, 15) is 10.1 Å². The summed E-state index contributed by atoms with van der Waals surface area (Å²) in [5.74, 6) is 0. The van der Waals surface area contributed by atoms with Gasteiger partial charge >= 0.3 is 6.09 Å². The maximum atomic E-state index is 12.6. The zero-order valence-electron chi connectivity index (χ0n) is 20.3. The SMILES string of the molecule is CCCc1cc(CC#N)c(-c2sccc2C)c(-c2ccc3c(cnn3C(=O)OC(C)(C)C)c2)c1. The molecule has 0 aliphatic rings. The van der Waals surface area contributed by atoms with Gasteiger partial charge in [-0.05, 0) is 85.5 Å². The molecule has 0 aliphatic carbocycles. The minimum absolute atomic E-state index is 0.357. The highest BCUT2D eigenvalue weighted by Crippen LogP contribution is 2.41. The number of carbonyl (C=O) groups excluding carboxylic acids is 1. The van der Waals surface area contributed by atoms with Gasteiger partial charge in [0.25, 0.3) is 0 Å². The summed E-state index contributed by atoms with van der Waals surface area (Å²) in [4.78, 5) is 13.8. The van der Waals surface area contributed by atoms with E-state index in [4.69, 9.17) is 4.74 Å². The number of rotatable bonds is 5. The van der Waals surface area contributed by atoms with Crippen LogP contribution in [0.25, 0.3) is 32.5 Å². The first-order valence-corrected chi connectivity index (χ1v) is 12.4. The van der Waals surface area contributed by atoms with Crippen molar-refractivity contribution in [1.82, 2.24) is 9.78 Å². The van der Waals surface area contributed by atoms with Crippen LogP contribution in [0.5, 0.6) is 0 Å². The summed E-state index contributed by atoms with van der Waals surface area (Å²) in [5, 5.41) is 16.8. The Morgan fingerprint density at radius 3 is 2.65 bits per heavy atom. The number of aromatic nitrogens is 2. The molecule has 34 heavy (non-hydrogen) atoms. The van der Waals surface area contributed by atoms with E-state index in [1.807, 2.05) is 32.9 Å². The normalized spacial score (nSPS) is 11.5. The van der Waals surface area contributed by atoms with Crippen molar-refractivity contribution < 1.29 is 9.53 Å². The highest BCUT2D eigenvalue weighted by Gasteiger charge is 2.21. The first-order valence-electron chi connectivity index (χ1n) is 11.5. The number of fused-ring (bicyclic) bond motifs is 1. The molecule has 2 aromatic carbocycles. The highest BCUT2D eigenvalue weighted by molar-refractivity contribution is 7.13.